The highest BCUT2D eigenvalue weighted by Gasteiger charge is 2.14. The number of anilines is 3. The van der Waals surface area contributed by atoms with Crippen LogP contribution in [0.25, 0.3) is 0 Å². The molecule has 2 N–H and O–H groups in total. The Morgan fingerprint density at radius 1 is 1.00 bits per heavy atom. The Bertz CT molecular complexity index is 633. The fourth-order valence-corrected chi connectivity index (χ4v) is 2.99. The summed E-state index contributed by atoms with van der Waals surface area (Å²) in [5.74, 6) is 1.59. The minimum absolute atomic E-state index is 0.550. The van der Waals surface area contributed by atoms with Crippen LogP contribution in [0, 0.1) is 13.8 Å². The van der Waals surface area contributed by atoms with Crippen LogP contribution in [-0.4, -0.2) is 16.0 Å². The maximum atomic E-state index is 4.63. The van der Waals surface area contributed by atoms with Gasteiger partial charge in [-0.05, 0) is 38.3 Å². The maximum Gasteiger partial charge on any atom is 0.229 e. The van der Waals surface area contributed by atoms with Crippen LogP contribution in [0.1, 0.15) is 43.4 Å². The van der Waals surface area contributed by atoms with Crippen molar-refractivity contribution >= 4 is 17.5 Å². The normalized spacial score (nSPS) is 15.5. The van der Waals surface area contributed by atoms with Gasteiger partial charge in [-0.25, -0.2) is 4.98 Å². The predicted octanol–water partition coefficient (Wildman–Crippen LogP) is 4.58. The first-order valence-corrected chi connectivity index (χ1v) is 8.15. The van der Waals surface area contributed by atoms with E-state index in [9.17, 15) is 0 Å². The minimum atomic E-state index is 0.550. The first-order valence-electron chi connectivity index (χ1n) is 8.15. The Hall–Kier alpha value is -2.10. The molecular weight excluding hydrogens is 272 g/mol. The molecule has 0 saturated heterocycles. The summed E-state index contributed by atoms with van der Waals surface area (Å²) in [7, 11) is 0. The molecule has 0 spiro atoms. The number of hydrogen-bond donors (Lipinski definition) is 2. The number of hydrogen-bond acceptors (Lipinski definition) is 4. The van der Waals surface area contributed by atoms with E-state index >= 15 is 0 Å². The molecule has 4 nitrogen and oxygen atoms in total. The van der Waals surface area contributed by atoms with E-state index in [0.717, 1.165) is 17.2 Å². The number of aryl methyl sites for hydroxylation is 2. The Morgan fingerprint density at radius 2 is 1.77 bits per heavy atom. The molecule has 1 saturated carbocycles. The molecule has 116 valence electrons. The molecule has 22 heavy (non-hydrogen) atoms. The van der Waals surface area contributed by atoms with Crippen LogP contribution in [0.15, 0.2) is 30.3 Å². The molecule has 0 bridgehead atoms. The number of rotatable bonds is 4. The van der Waals surface area contributed by atoms with E-state index in [-0.39, 0.29) is 0 Å². The molecule has 0 atom stereocenters. The molecule has 0 aliphatic heterocycles. The second kappa shape index (κ2) is 6.77. The van der Waals surface area contributed by atoms with Gasteiger partial charge in [0, 0.05) is 23.5 Å². The van der Waals surface area contributed by atoms with Gasteiger partial charge in [-0.2, -0.15) is 4.98 Å². The van der Waals surface area contributed by atoms with E-state index in [1.165, 1.54) is 37.7 Å². The summed E-state index contributed by atoms with van der Waals surface area (Å²) >= 11 is 0. The van der Waals surface area contributed by atoms with Crippen molar-refractivity contribution in [3.05, 3.63) is 41.6 Å². The van der Waals surface area contributed by atoms with Gasteiger partial charge in [0.25, 0.3) is 0 Å². The number of nitrogens with one attached hydrogen (secondary N) is 2. The second-order valence-electron chi connectivity index (χ2n) is 6.14. The third kappa shape index (κ3) is 3.75. The minimum Gasteiger partial charge on any atom is -0.367 e. The van der Waals surface area contributed by atoms with Crippen LogP contribution in [0.2, 0.25) is 0 Å². The zero-order valence-corrected chi connectivity index (χ0v) is 13.4. The van der Waals surface area contributed by atoms with Crippen molar-refractivity contribution in [3.63, 3.8) is 0 Å². The van der Waals surface area contributed by atoms with Gasteiger partial charge in [0.2, 0.25) is 5.95 Å². The fourth-order valence-electron chi connectivity index (χ4n) is 2.99. The van der Waals surface area contributed by atoms with Crippen LogP contribution in [-0.2, 0) is 0 Å². The maximum absolute atomic E-state index is 4.63. The zero-order valence-electron chi connectivity index (χ0n) is 13.4. The molecule has 2 aromatic rings. The fraction of sp³-hybridized carbons (Fsp3) is 0.444. The zero-order chi connectivity index (χ0) is 15.4. The Labute approximate surface area is 132 Å². The molecule has 3 rings (SSSR count). The van der Waals surface area contributed by atoms with Gasteiger partial charge in [-0.1, -0.05) is 37.5 Å². The van der Waals surface area contributed by atoms with Crippen molar-refractivity contribution in [2.45, 2.75) is 52.0 Å². The predicted molar refractivity (Wildman–Crippen MR) is 91.7 cm³/mol. The lowest BCUT2D eigenvalue weighted by Crippen LogP contribution is -2.23. The molecule has 1 aromatic heterocycles. The van der Waals surface area contributed by atoms with Crippen LogP contribution >= 0.6 is 0 Å². The van der Waals surface area contributed by atoms with Gasteiger partial charge in [0.05, 0.1) is 0 Å². The summed E-state index contributed by atoms with van der Waals surface area (Å²) in [6.07, 6.45) is 6.47. The molecule has 1 aromatic carbocycles. The molecule has 1 aliphatic carbocycles. The molecule has 0 amide bonds. The first kappa shape index (κ1) is 14.8. The smallest absolute Gasteiger partial charge is 0.229 e. The third-order valence-electron chi connectivity index (χ3n) is 4.20. The Morgan fingerprint density at radius 3 is 2.55 bits per heavy atom. The van der Waals surface area contributed by atoms with E-state index in [4.69, 9.17) is 0 Å². The van der Waals surface area contributed by atoms with Gasteiger partial charge in [0.15, 0.2) is 0 Å². The summed E-state index contributed by atoms with van der Waals surface area (Å²) in [5.41, 5.74) is 3.22. The van der Waals surface area contributed by atoms with Gasteiger partial charge in [-0.15, -0.1) is 0 Å². The average molecular weight is 296 g/mol. The SMILES string of the molecule is Cc1cc(NC2CCCCC2)nc(Nc2ccccc2C)n1. The summed E-state index contributed by atoms with van der Waals surface area (Å²) in [4.78, 5) is 9.13. The molecule has 0 unspecified atom stereocenters. The van der Waals surface area contributed by atoms with Crippen LogP contribution < -0.4 is 10.6 Å². The summed E-state index contributed by atoms with van der Waals surface area (Å²) in [5, 5.41) is 6.90. The lowest BCUT2D eigenvalue weighted by molar-refractivity contribution is 0.462. The molecular formula is C18H24N4. The molecule has 1 heterocycles. The van der Waals surface area contributed by atoms with Crippen LogP contribution in [0.5, 0.6) is 0 Å². The lowest BCUT2D eigenvalue weighted by atomic mass is 9.95. The number of nitrogens with zero attached hydrogens (tertiary/aromatic N) is 2. The summed E-state index contributed by atoms with van der Waals surface area (Å²) < 4.78 is 0. The highest BCUT2D eigenvalue weighted by atomic mass is 15.1. The number of aromatic nitrogens is 2. The topological polar surface area (TPSA) is 49.8 Å². The van der Waals surface area contributed by atoms with Crippen molar-refractivity contribution in [2.75, 3.05) is 10.6 Å². The average Bonchev–Trinajstić information content (AvgIpc) is 2.50. The monoisotopic (exact) mass is 296 g/mol. The summed E-state index contributed by atoms with van der Waals surface area (Å²) in [6.45, 7) is 4.09. The van der Waals surface area contributed by atoms with Gasteiger partial charge in [-0.3, -0.25) is 0 Å². The van der Waals surface area contributed by atoms with Gasteiger partial charge >= 0.3 is 0 Å². The Balaban J connectivity index is 1.76. The van der Waals surface area contributed by atoms with Crippen molar-refractivity contribution in [1.82, 2.24) is 9.97 Å². The Kier molecular flexibility index (Phi) is 4.56. The summed E-state index contributed by atoms with van der Waals surface area (Å²) in [6, 6.07) is 10.8. The van der Waals surface area contributed by atoms with E-state index in [0.29, 0.717) is 12.0 Å². The van der Waals surface area contributed by atoms with E-state index in [1.807, 2.05) is 25.1 Å². The van der Waals surface area contributed by atoms with Crippen molar-refractivity contribution in [3.8, 4) is 0 Å². The van der Waals surface area contributed by atoms with E-state index in [2.05, 4.69) is 39.7 Å². The largest absolute Gasteiger partial charge is 0.367 e. The van der Waals surface area contributed by atoms with Gasteiger partial charge in [0.1, 0.15) is 5.82 Å². The standard InChI is InChI=1S/C18H24N4/c1-13-8-6-7-11-16(13)21-18-19-14(2)12-17(22-18)20-15-9-4-3-5-10-15/h6-8,11-12,15H,3-5,9-10H2,1-2H3,(H2,19,20,21,22). The molecule has 0 radical (unpaired) electrons. The first-order chi connectivity index (χ1) is 10.7. The lowest BCUT2D eigenvalue weighted by Gasteiger charge is -2.23. The quantitative estimate of drug-likeness (QED) is 0.867. The van der Waals surface area contributed by atoms with Gasteiger partial charge < -0.3 is 10.6 Å². The molecule has 1 fully saturated rings. The molecule has 4 heteroatoms. The highest BCUT2D eigenvalue weighted by molar-refractivity contribution is 5.59. The van der Waals surface area contributed by atoms with Crippen LogP contribution in [0.4, 0.5) is 17.5 Å². The van der Waals surface area contributed by atoms with Crippen molar-refractivity contribution in [2.24, 2.45) is 0 Å². The van der Waals surface area contributed by atoms with Crippen molar-refractivity contribution in [1.29, 1.82) is 0 Å². The van der Waals surface area contributed by atoms with E-state index < -0.39 is 0 Å². The molecule has 1 aliphatic rings. The van der Waals surface area contributed by atoms with Crippen molar-refractivity contribution < 1.29 is 0 Å². The number of benzene rings is 1. The second-order valence-corrected chi connectivity index (χ2v) is 6.14. The highest BCUT2D eigenvalue weighted by Crippen LogP contribution is 2.23. The third-order valence-corrected chi connectivity index (χ3v) is 4.20. The number of para-hydroxylation sites is 1. The van der Waals surface area contributed by atoms with Crippen LogP contribution in [0.3, 0.4) is 0 Å². The van der Waals surface area contributed by atoms with E-state index in [1.54, 1.807) is 0 Å².